The molecule has 0 aliphatic heterocycles. The van der Waals surface area contributed by atoms with Gasteiger partial charge in [-0.05, 0) is 32.9 Å². The van der Waals surface area contributed by atoms with E-state index in [0.29, 0.717) is 19.7 Å². The normalized spacial score (nSPS) is 10.7. The Morgan fingerprint density at radius 2 is 1.94 bits per heavy atom. The van der Waals surface area contributed by atoms with Gasteiger partial charge in [0.15, 0.2) is 0 Å². The molecule has 0 atom stereocenters. The van der Waals surface area contributed by atoms with Crippen LogP contribution in [0.25, 0.3) is 0 Å². The van der Waals surface area contributed by atoms with E-state index in [9.17, 15) is 4.79 Å². The van der Waals surface area contributed by atoms with Crippen molar-refractivity contribution >= 4 is 11.6 Å². The summed E-state index contributed by atoms with van der Waals surface area (Å²) in [6, 6.07) is 7.74. The average molecular weight is 250 g/mol. The highest BCUT2D eigenvalue weighted by atomic mass is 16.5. The highest BCUT2D eigenvalue weighted by Crippen LogP contribution is 2.07. The lowest BCUT2D eigenvalue weighted by Gasteiger charge is -2.09. The number of amides is 1. The Morgan fingerprint density at radius 1 is 1.28 bits per heavy atom. The van der Waals surface area contributed by atoms with E-state index in [1.165, 1.54) is 5.56 Å². The van der Waals surface area contributed by atoms with E-state index in [1.54, 1.807) is 0 Å². The lowest BCUT2D eigenvalue weighted by atomic mass is 10.2. The zero-order valence-electron chi connectivity index (χ0n) is 11.3. The van der Waals surface area contributed by atoms with Gasteiger partial charge in [-0.25, -0.2) is 0 Å². The maximum absolute atomic E-state index is 11.6. The fourth-order valence-corrected chi connectivity index (χ4v) is 1.41. The molecule has 1 aromatic rings. The monoisotopic (exact) mass is 250 g/mol. The van der Waals surface area contributed by atoms with E-state index in [4.69, 9.17) is 4.74 Å². The molecular formula is C14H22N2O2. The van der Waals surface area contributed by atoms with Crippen LogP contribution in [0.3, 0.4) is 0 Å². The minimum Gasteiger partial charge on any atom is -0.377 e. The summed E-state index contributed by atoms with van der Waals surface area (Å²) >= 11 is 0. The molecule has 0 radical (unpaired) electrons. The number of ether oxygens (including phenoxy) is 1. The molecule has 1 amide bonds. The van der Waals surface area contributed by atoms with E-state index < -0.39 is 0 Å². The largest absolute Gasteiger partial charge is 0.377 e. The summed E-state index contributed by atoms with van der Waals surface area (Å²) in [5, 5.41) is 5.86. The SMILES string of the molecule is Cc1ccc(NC(=O)CNCCOC(C)C)cc1. The predicted molar refractivity (Wildman–Crippen MR) is 73.8 cm³/mol. The van der Waals surface area contributed by atoms with Gasteiger partial charge in [-0.1, -0.05) is 17.7 Å². The molecule has 0 aromatic heterocycles. The van der Waals surface area contributed by atoms with Crippen LogP contribution in [0.1, 0.15) is 19.4 Å². The number of rotatable bonds is 7. The van der Waals surface area contributed by atoms with Gasteiger partial charge in [-0.3, -0.25) is 4.79 Å². The summed E-state index contributed by atoms with van der Waals surface area (Å²) in [6.07, 6.45) is 0.230. The Hall–Kier alpha value is -1.39. The van der Waals surface area contributed by atoms with E-state index in [1.807, 2.05) is 45.0 Å². The number of hydrogen-bond acceptors (Lipinski definition) is 3. The number of carbonyl (C=O) groups is 1. The van der Waals surface area contributed by atoms with Gasteiger partial charge in [0.25, 0.3) is 0 Å². The lowest BCUT2D eigenvalue weighted by molar-refractivity contribution is -0.115. The van der Waals surface area contributed by atoms with Crippen molar-refractivity contribution in [2.75, 3.05) is 25.0 Å². The standard InChI is InChI=1S/C14H22N2O2/c1-11(2)18-9-8-15-10-14(17)16-13-6-4-12(3)5-7-13/h4-7,11,15H,8-10H2,1-3H3,(H,16,17). The van der Waals surface area contributed by atoms with E-state index in [0.717, 1.165) is 5.69 Å². The summed E-state index contributed by atoms with van der Waals surface area (Å²) in [5.41, 5.74) is 2.00. The second-order valence-corrected chi connectivity index (χ2v) is 4.51. The quantitative estimate of drug-likeness (QED) is 0.727. The fraction of sp³-hybridized carbons (Fsp3) is 0.500. The van der Waals surface area contributed by atoms with Crippen molar-refractivity contribution in [2.45, 2.75) is 26.9 Å². The summed E-state index contributed by atoms with van der Waals surface area (Å²) in [6.45, 7) is 7.60. The first-order chi connectivity index (χ1) is 8.58. The number of benzene rings is 1. The first-order valence-electron chi connectivity index (χ1n) is 6.27. The second kappa shape index (κ2) is 7.84. The Kier molecular flexibility index (Phi) is 6.39. The topological polar surface area (TPSA) is 50.4 Å². The van der Waals surface area contributed by atoms with Gasteiger partial charge in [0, 0.05) is 12.2 Å². The molecule has 0 saturated heterocycles. The van der Waals surface area contributed by atoms with Gasteiger partial charge in [-0.15, -0.1) is 0 Å². The highest BCUT2D eigenvalue weighted by molar-refractivity contribution is 5.92. The molecule has 0 spiro atoms. The number of hydrogen-bond donors (Lipinski definition) is 2. The molecule has 0 bridgehead atoms. The van der Waals surface area contributed by atoms with Gasteiger partial charge in [0.1, 0.15) is 0 Å². The third kappa shape index (κ3) is 6.37. The third-order valence-electron chi connectivity index (χ3n) is 2.35. The van der Waals surface area contributed by atoms with Gasteiger partial charge in [0.05, 0.1) is 19.3 Å². The summed E-state index contributed by atoms with van der Waals surface area (Å²) in [4.78, 5) is 11.6. The maximum Gasteiger partial charge on any atom is 0.238 e. The zero-order chi connectivity index (χ0) is 13.4. The number of anilines is 1. The van der Waals surface area contributed by atoms with Crippen LogP contribution in [0.5, 0.6) is 0 Å². The van der Waals surface area contributed by atoms with Gasteiger partial charge in [-0.2, -0.15) is 0 Å². The second-order valence-electron chi connectivity index (χ2n) is 4.51. The van der Waals surface area contributed by atoms with E-state index in [2.05, 4.69) is 10.6 Å². The van der Waals surface area contributed by atoms with Crippen LogP contribution in [0.2, 0.25) is 0 Å². The predicted octanol–water partition coefficient (Wildman–Crippen LogP) is 1.95. The smallest absolute Gasteiger partial charge is 0.238 e. The molecule has 0 aliphatic rings. The molecule has 0 saturated carbocycles. The molecule has 100 valence electrons. The molecule has 1 rings (SSSR count). The Labute approximate surface area is 109 Å². The van der Waals surface area contributed by atoms with Crippen molar-refractivity contribution in [2.24, 2.45) is 0 Å². The molecule has 0 unspecified atom stereocenters. The number of nitrogens with one attached hydrogen (secondary N) is 2. The first kappa shape index (κ1) is 14.7. The molecule has 0 fully saturated rings. The average Bonchev–Trinajstić information content (AvgIpc) is 2.31. The van der Waals surface area contributed by atoms with Crippen LogP contribution in [-0.4, -0.2) is 31.7 Å². The van der Waals surface area contributed by atoms with Crippen molar-refractivity contribution in [3.63, 3.8) is 0 Å². The zero-order valence-corrected chi connectivity index (χ0v) is 11.3. The Balaban J connectivity index is 2.16. The van der Waals surface area contributed by atoms with Crippen LogP contribution in [0, 0.1) is 6.92 Å². The Bertz CT molecular complexity index is 361. The van der Waals surface area contributed by atoms with Crippen LogP contribution in [-0.2, 0) is 9.53 Å². The van der Waals surface area contributed by atoms with Crippen LogP contribution < -0.4 is 10.6 Å². The van der Waals surface area contributed by atoms with Gasteiger partial charge < -0.3 is 15.4 Å². The fourth-order valence-electron chi connectivity index (χ4n) is 1.41. The minimum atomic E-state index is -0.0385. The number of carbonyl (C=O) groups excluding carboxylic acids is 1. The summed E-state index contributed by atoms with van der Waals surface area (Å²) < 4.78 is 5.36. The van der Waals surface area contributed by atoms with Crippen molar-refractivity contribution in [1.29, 1.82) is 0 Å². The molecule has 2 N–H and O–H groups in total. The molecule has 4 nitrogen and oxygen atoms in total. The van der Waals surface area contributed by atoms with E-state index >= 15 is 0 Å². The van der Waals surface area contributed by atoms with Crippen LogP contribution in [0.15, 0.2) is 24.3 Å². The molecule has 0 heterocycles. The summed E-state index contributed by atoms with van der Waals surface area (Å²) in [7, 11) is 0. The minimum absolute atomic E-state index is 0.0385. The van der Waals surface area contributed by atoms with Crippen molar-refractivity contribution in [3.8, 4) is 0 Å². The first-order valence-corrected chi connectivity index (χ1v) is 6.27. The molecule has 0 aliphatic carbocycles. The van der Waals surface area contributed by atoms with Gasteiger partial charge in [0.2, 0.25) is 5.91 Å². The Morgan fingerprint density at radius 3 is 2.56 bits per heavy atom. The van der Waals surface area contributed by atoms with Gasteiger partial charge >= 0.3 is 0 Å². The summed E-state index contributed by atoms with van der Waals surface area (Å²) in [5.74, 6) is -0.0385. The lowest BCUT2D eigenvalue weighted by Crippen LogP contribution is -2.30. The van der Waals surface area contributed by atoms with Crippen molar-refractivity contribution in [3.05, 3.63) is 29.8 Å². The van der Waals surface area contributed by atoms with Crippen LogP contribution in [0.4, 0.5) is 5.69 Å². The highest BCUT2D eigenvalue weighted by Gasteiger charge is 2.01. The third-order valence-corrected chi connectivity index (χ3v) is 2.35. The van der Waals surface area contributed by atoms with Crippen LogP contribution >= 0.6 is 0 Å². The van der Waals surface area contributed by atoms with E-state index in [-0.39, 0.29) is 12.0 Å². The molecular weight excluding hydrogens is 228 g/mol. The molecule has 18 heavy (non-hydrogen) atoms. The van der Waals surface area contributed by atoms with Crippen molar-refractivity contribution < 1.29 is 9.53 Å². The molecule has 1 aromatic carbocycles. The maximum atomic E-state index is 11.6. The van der Waals surface area contributed by atoms with Crippen molar-refractivity contribution in [1.82, 2.24) is 5.32 Å². The molecule has 4 heteroatoms. The number of aryl methyl sites for hydroxylation is 1.